The lowest BCUT2D eigenvalue weighted by atomic mass is 10.0. The minimum Gasteiger partial charge on any atom is -0.353 e. The third kappa shape index (κ3) is 3.68. The van der Waals surface area contributed by atoms with Gasteiger partial charge in [0.2, 0.25) is 5.91 Å². The van der Waals surface area contributed by atoms with Gasteiger partial charge in [0.1, 0.15) is 0 Å². The van der Waals surface area contributed by atoms with Crippen molar-refractivity contribution in [3.05, 3.63) is 0 Å². The number of nitriles is 1. The molecule has 19 heavy (non-hydrogen) atoms. The Morgan fingerprint density at radius 3 is 2.89 bits per heavy atom. The molecule has 1 amide bonds. The molecule has 2 aliphatic heterocycles. The predicted molar refractivity (Wildman–Crippen MR) is 73.4 cm³/mol. The fourth-order valence-electron chi connectivity index (χ4n) is 3.06. The number of piperidine rings is 1. The van der Waals surface area contributed by atoms with Crippen LogP contribution in [0.4, 0.5) is 0 Å². The Morgan fingerprint density at radius 1 is 1.47 bits per heavy atom. The van der Waals surface area contributed by atoms with Crippen molar-refractivity contribution in [2.75, 3.05) is 26.2 Å². The van der Waals surface area contributed by atoms with Crippen LogP contribution >= 0.6 is 0 Å². The molecule has 106 valence electrons. The summed E-state index contributed by atoms with van der Waals surface area (Å²) in [7, 11) is 0. The highest BCUT2D eigenvalue weighted by Gasteiger charge is 2.35. The Hall–Kier alpha value is -1.12. The molecule has 0 aromatic carbocycles. The van der Waals surface area contributed by atoms with E-state index in [1.165, 1.54) is 0 Å². The van der Waals surface area contributed by atoms with Crippen LogP contribution in [0.2, 0.25) is 0 Å². The fraction of sp³-hybridized carbons (Fsp3) is 0.857. The zero-order valence-corrected chi connectivity index (χ0v) is 11.7. The number of hydrogen-bond donors (Lipinski definition) is 2. The highest BCUT2D eigenvalue weighted by molar-refractivity contribution is 5.82. The first-order valence-corrected chi connectivity index (χ1v) is 7.36. The number of hydrogen-bond acceptors (Lipinski definition) is 4. The number of nitrogens with one attached hydrogen (secondary N) is 2. The molecule has 2 rings (SSSR count). The number of carbonyl (C=O) groups is 1. The van der Waals surface area contributed by atoms with Gasteiger partial charge < -0.3 is 10.6 Å². The lowest BCUT2D eigenvalue weighted by Gasteiger charge is -2.35. The van der Waals surface area contributed by atoms with Crippen molar-refractivity contribution in [2.24, 2.45) is 5.92 Å². The average molecular weight is 264 g/mol. The summed E-state index contributed by atoms with van der Waals surface area (Å²) in [5.74, 6) is -0.00387. The molecule has 2 heterocycles. The maximum Gasteiger partial charge on any atom is 0.237 e. The van der Waals surface area contributed by atoms with Crippen LogP contribution in [0.15, 0.2) is 0 Å². The van der Waals surface area contributed by atoms with Crippen LogP contribution in [-0.2, 0) is 4.79 Å². The third-order valence-electron chi connectivity index (χ3n) is 4.18. The third-order valence-corrected chi connectivity index (χ3v) is 4.18. The van der Waals surface area contributed by atoms with E-state index < -0.39 is 0 Å². The van der Waals surface area contributed by atoms with Gasteiger partial charge in [-0.25, -0.2) is 0 Å². The van der Waals surface area contributed by atoms with Crippen LogP contribution in [0, 0.1) is 17.2 Å². The number of carbonyl (C=O) groups excluding carboxylic acids is 1. The molecule has 2 aliphatic rings. The number of amides is 1. The van der Waals surface area contributed by atoms with E-state index in [1.807, 2.05) is 6.92 Å². The first-order chi connectivity index (χ1) is 9.22. The molecule has 2 fully saturated rings. The van der Waals surface area contributed by atoms with Gasteiger partial charge in [0.05, 0.1) is 18.0 Å². The monoisotopic (exact) mass is 264 g/mol. The topological polar surface area (TPSA) is 68.2 Å². The molecule has 0 spiro atoms. The van der Waals surface area contributed by atoms with Crippen LogP contribution in [-0.4, -0.2) is 49.1 Å². The minimum absolute atomic E-state index is 0.0222. The summed E-state index contributed by atoms with van der Waals surface area (Å²) in [4.78, 5) is 14.6. The second kappa shape index (κ2) is 6.88. The second-order valence-electron chi connectivity index (χ2n) is 5.65. The summed E-state index contributed by atoms with van der Waals surface area (Å²) in [5, 5.41) is 15.0. The summed E-state index contributed by atoms with van der Waals surface area (Å²) in [6.45, 7) is 5.45. The number of nitrogens with zero attached hydrogens (tertiary/aromatic N) is 2. The van der Waals surface area contributed by atoms with Crippen molar-refractivity contribution in [1.82, 2.24) is 15.5 Å². The standard InChI is InChI=1S/C14H24N4O/c1-11(9-15)10-17-14(19)13-3-2-8-18(13)12-4-6-16-7-5-12/h11-13,16H,2-8,10H2,1H3,(H,17,19). The van der Waals surface area contributed by atoms with Crippen LogP contribution in [0.3, 0.4) is 0 Å². The second-order valence-corrected chi connectivity index (χ2v) is 5.65. The van der Waals surface area contributed by atoms with Crippen molar-refractivity contribution in [3.63, 3.8) is 0 Å². The van der Waals surface area contributed by atoms with Gasteiger partial charge in [0.25, 0.3) is 0 Å². The maximum absolute atomic E-state index is 12.2. The van der Waals surface area contributed by atoms with Gasteiger partial charge in [-0.1, -0.05) is 0 Å². The van der Waals surface area contributed by atoms with E-state index in [9.17, 15) is 4.79 Å². The largest absolute Gasteiger partial charge is 0.353 e. The van der Waals surface area contributed by atoms with Crippen LogP contribution in [0.25, 0.3) is 0 Å². The highest BCUT2D eigenvalue weighted by atomic mass is 16.2. The molecule has 2 saturated heterocycles. The van der Waals surface area contributed by atoms with E-state index in [0.717, 1.165) is 45.3 Å². The van der Waals surface area contributed by atoms with Crippen LogP contribution < -0.4 is 10.6 Å². The normalized spacial score (nSPS) is 26.8. The summed E-state index contributed by atoms with van der Waals surface area (Å²) in [5.41, 5.74) is 0. The molecule has 2 unspecified atom stereocenters. The molecule has 0 aromatic heterocycles. The van der Waals surface area contributed by atoms with Crippen molar-refractivity contribution >= 4 is 5.91 Å². The van der Waals surface area contributed by atoms with E-state index in [0.29, 0.717) is 12.6 Å². The smallest absolute Gasteiger partial charge is 0.237 e. The SMILES string of the molecule is CC(C#N)CNC(=O)C1CCCN1C1CCNCC1. The van der Waals surface area contributed by atoms with Gasteiger partial charge in [-0.15, -0.1) is 0 Å². The molecule has 0 bridgehead atoms. The molecule has 0 aliphatic carbocycles. The zero-order valence-electron chi connectivity index (χ0n) is 11.7. The molecule has 0 radical (unpaired) electrons. The summed E-state index contributed by atoms with van der Waals surface area (Å²) >= 11 is 0. The lowest BCUT2D eigenvalue weighted by Crippen LogP contribution is -2.51. The number of likely N-dealkylation sites (tertiary alicyclic amines) is 1. The fourth-order valence-corrected chi connectivity index (χ4v) is 3.06. The van der Waals surface area contributed by atoms with Gasteiger partial charge in [-0.2, -0.15) is 5.26 Å². The first-order valence-electron chi connectivity index (χ1n) is 7.36. The van der Waals surface area contributed by atoms with E-state index in [2.05, 4.69) is 21.6 Å². The summed E-state index contributed by atoms with van der Waals surface area (Å²) in [6.07, 6.45) is 4.34. The summed E-state index contributed by atoms with van der Waals surface area (Å²) in [6, 6.07) is 2.72. The predicted octanol–water partition coefficient (Wildman–Crippen LogP) is 0.479. The summed E-state index contributed by atoms with van der Waals surface area (Å²) < 4.78 is 0. The molecule has 2 N–H and O–H groups in total. The van der Waals surface area contributed by atoms with Crippen LogP contribution in [0.1, 0.15) is 32.6 Å². The van der Waals surface area contributed by atoms with Crippen molar-refractivity contribution < 1.29 is 4.79 Å². The Balaban J connectivity index is 1.87. The van der Waals surface area contributed by atoms with Crippen molar-refractivity contribution in [3.8, 4) is 6.07 Å². The number of rotatable bonds is 4. The lowest BCUT2D eigenvalue weighted by molar-refractivity contribution is -0.126. The van der Waals surface area contributed by atoms with Gasteiger partial charge >= 0.3 is 0 Å². The Bertz CT molecular complexity index is 346. The minimum atomic E-state index is -0.113. The Kier molecular flexibility index (Phi) is 5.17. The molecular weight excluding hydrogens is 240 g/mol. The molecule has 0 aromatic rings. The Morgan fingerprint density at radius 2 is 2.21 bits per heavy atom. The van der Waals surface area contributed by atoms with Gasteiger partial charge in [0, 0.05) is 12.6 Å². The molecule has 0 saturated carbocycles. The van der Waals surface area contributed by atoms with Gasteiger partial charge in [-0.3, -0.25) is 9.69 Å². The van der Waals surface area contributed by atoms with Crippen LogP contribution in [0.5, 0.6) is 0 Å². The molecule has 5 heteroatoms. The van der Waals surface area contributed by atoms with E-state index in [4.69, 9.17) is 5.26 Å². The quantitative estimate of drug-likeness (QED) is 0.775. The zero-order chi connectivity index (χ0) is 13.7. The average Bonchev–Trinajstić information content (AvgIpc) is 2.94. The first kappa shape index (κ1) is 14.3. The maximum atomic E-state index is 12.2. The van der Waals surface area contributed by atoms with Crippen molar-refractivity contribution in [1.29, 1.82) is 5.26 Å². The Labute approximate surface area is 115 Å². The van der Waals surface area contributed by atoms with E-state index >= 15 is 0 Å². The highest BCUT2D eigenvalue weighted by Crippen LogP contribution is 2.24. The molecular formula is C14H24N4O. The van der Waals surface area contributed by atoms with E-state index in [1.54, 1.807) is 0 Å². The molecule has 2 atom stereocenters. The van der Waals surface area contributed by atoms with Gasteiger partial charge in [0.15, 0.2) is 0 Å². The van der Waals surface area contributed by atoms with Crippen molar-refractivity contribution in [2.45, 2.75) is 44.7 Å². The van der Waals surface area contributed by atoms with E-state index in [-0.39, 0.29) is 17.9 Å². The van der Waals surface area contributed by atoms with Gasteiger partial charge in [-0.05, 0) is 52.2 Å². The molecule has 5 nitrogen and oxygen atoms in total.